The summed E-state index contributed by atoms with van der Waals surface area (Å²) in [4.78, 5) is 0. The van der Waals surface area contributed by atoms with Crippen LogP contribution in [0.1, 0.15) is 237 Å². The second kappa shape index (κ2) is 31.9. The molecule has 0 N–H and O–H groups in total. The van der Waals surface area contributed by atoms with Gasteiger partial charge in [-0.15, -0.1) is 0 Å². The summed E-state index contributed by atoms with van der Waals surface area (Å²) in [5.41, 5.74) is 10.6. The highest BCUT2D eigenvalue weighted by Gasteiger charge is 2.12. The molecule has 4 heteroatoms. The summed E-state index contributed by atoms with van der Waals surface area (Å²) >= 11 is 7.88. The quantitative estimate of drug-likeness (QED) is 0.0462. The Morgan fingerprint density at radius 2 is 0.617 bits per heavy atom. The van der Waals surface area contributed by atoms with E-state index in [0.29, 0.717) is 11.1 Å². The smallest absolute Gasteiger partial charge is 0.0998 e. The Bertz CT molecular complexity index is 1690. The molecule has 0 radical (unpaired) electrons. The molecule has 2 nitrogen and oxygen atoms in total. The van der Waals surface area contributed by atoms with Crippen LogP contribution in [0.2, 0.25) is 0 Å². The first kappa shape index (κ1) is 51.4. The van der Waals surface area contributed by atoms with Gasteiger partial charge in [-0.05, 0) is 120 Å². The molecule has 0 aliphatic rings. The molecule has 3 aromatic carbocycles. The van der Waals surface area contributed by atoms with Crippen LogP contribution < -0.4 is 0 Å². The fourth-order valence-electron chi connectivity index (χ4n) is 8.33. The van der Waals surface area contributed by atoms with Crippen LogP contribution in [0.3, 0.4) is 0 Å². The molecular formula is C56H78Br2N2. The summed E-state index contributed by atoms with van der Waals surface area (Å²) in [6.07, 6.45) is 43.4. The van der Waals surface area contributed by atoms with Crippen LogP contribution in [0, 0.1) is 22.7 Å². The Balaban J connectivity index is 1.91. The van der Waals surface area contributed by atoms with Crippen LogP contribution in [0.5, 0.6) is 0 Å². The van der Waals surface area contributed by atoms with Crippen molar-refractivity contribution in [3.63, 3.8) is 0 Å². The lowest BCUT2D eigenvalue weighted by Crippen LogP contribution is -1.97. The largest absolute Gasteiger partial charge is 0.192 e. The number of hydrogen-bond acceptors (Lipinski definition) is 2. The Morgan fingerprint density at radius 3 is 0.917 bits per heavy atom. The first-order chi connectivity index (χ1) is 29.4. The molecule has 0 aliphatic carbocycles. The van der Waals surface area contributed by atoms with Gasteiger partial charge < -0.3 is 0 Å². The topological polar surface area (TPSA) is 47.6 Å². The summed E-state index contributed by atoms with van der Waals surface area (Å²) in [7, 11) is 0. The van der Waals surface area contributed by atoms with Crippen molar-refractivity contribution in [1.82, 2.24) is 0 Å². The molecular weight excluding hydrogens is 860 g/mol. The highest BCUT2D eigenvalue weighted by molar-refractivity contribution is 9.10. The van der Waals surface area contributed by atoms with Crippen molar-refractivity contribution in [2.75, 3.05) is 0 Å². The summed E-state index contributed by atoms with van der Waals surface area (Å²) < 4.78 is 2.43. The molecule has 0 saturated heterocycles. The standard InChI is InChI=1S/C56H78Br2N2/c1-5-9-13-17-21-25-29-45-41-55(57)51(31-27-23-19-15-11-7-3)37-47(45)33-35-49-39-54(44-60)50(40-53(49)43-59)36-34-48-38-52(32-28-24-20-16-12-8-4)56(58)42-46(48)30-26-22-18-14-10-6-2/h33-42H,5-32H2,1-4H3/b35-33+,36-34+. The average Bonchev–Trinajstić information content (AvgIpc) is 3.25. The highest BCUT2D eigenvalue weighted by atomic mass is 79.9. The highest BCUT2D eigenvalue weighted by Crippen LogP contribution is 2.30. The summed E-state index contributed by atoms with van der Waals surface area (Å²) in [6.45, 7) is 9.09. The third kappa shape index (κ3) is 19.4. The van der Waals surface area contributed by atoms with Crippen LogP contribution in [-0.4, -0.2) is 0 Å². The Kier molecular flexibility index (Phi) is 27.3. The monoisotopic (exact) mass is 936 g/mol. The zero-order valence-corrected chi connectivity index (χ0v) is 41.4. The third-order valence-corrected chi connectivity index (χ3v) is 13.6. The third-order valence-electron chi connectivity index (χ3n) is 12.2. The zero-order chi connectivity index (χ0) is 43.2. The van der Waals surface area contributed by atoms with Gasteiger partial charge in [0.25, 0.3) is 0 Å². The van der Waals surface area contributed by atoms with Gasteiger partial charge in [-0.1, -0.05) is 224 Å². The van der Waals surface area contributed by atoms with Gasteiger partial charge in [0.15, 0.2) is 0 Å². The molecule has 0 spiro atoms. The van der Waals surface area contributed by atoms with Gasteiger partial charge in [0.1, 0.15) is 0 Å². The summed E-state index contributed by atoms with van der Waals surface area (Å²) in [6, 6.07) is 18.2. The molecule has 60 heavy (non-hydrogen) atoms. The molecule has 326 valence electrons. The van der Waals surface area contributed by atoms with Gasteiger partial charge >= 0.3 is 0 Å². The number of benzene rings is 3. The normalized spacial score (nSPS) is 11.5. The van der Waals surface area contributed by atoms with Gasteiger partial charge in [-0.3, -0.25) is 0 Å². The van der Waals surface area contributed by atoms with Crippen LogP contribution in [0.4, 0.5) is 0 Å². The molecule has 0 heterocycles. The SMILES string of the molecule is CCCCCCCCc1cc(/C=C/c2cc(C#N)c(/C=C/c3cc(CCCCCCCC)c(Br)cc3CCCCCCCC)cc2C#N)c(CCCCCCCC)cc1Br. The summed E-state index contributed by atoms with van der Waals surface area (Å²) in [5, 5.41) is 20.9. The number of rotatable bonds is 32. The van der Waals surface area contributed by atoms with Crippen LogP contribution >= 0.6 is 31.9 Å². The second-order valence-corrected chi connectivity index (χ2v) is 19.0. The average molecular weight is 939 g/mol. The number of halogens is 2. The maximum absolute atomic E-state index is 10.4. The molecule has 3 aromatic rings. The van der Waals surface area contributed by atoms with Gasteiger partial charge in [0.2, 0.25) is 0 Å². The molecule has 0 atom stereocenters. The number of hydrogen-bond donors (Lipinski definition) is 0. The van der Waals surface area contributed by atoms with Crippen molar-refractivity contribution < 1.29 is 0 Å². The Morgan fingerprint density at radius 1 is 0.350 bits per heavy atom. The zero-order valence-electron chi connectivity index (χ0n) is 38.2. The Hall–Kier alpha value is -2.92. The number of aryl methyl sites for hydroxylation is 4. The minimum Gasteiger partial charge on any atom is -0.192 e. The lowest BCUT2D eigenvalue weighted by Gasteiger charge is -2.13. The van der Waals surface area contributed by atoms with Crippen molar-refractivity contribution in [1.29, 1.82) is 10.5 Å². The van der Waals surface area contributed by atoms with Crippen LogP contribution in [-0.2, 0) is 25.7 Å². The van der Waals surface area contributed by atoms with E-state index < -0.39 is 0 Å². The fraction of sp³-hybridized carbons (Fsp3) is 0.571. The molecule has 0 aromatic heterocycles. The minimum absolute atomic E-state index is 0.596. The molecule has 3 rings (SSSR count). The molecule has 0 saturated carbocycles. The van der Waals surface area contributed by atoms with E-state index in [2.05, 4.69) is 120 Å². The molecule has 0 amide bonds. The first-order valence-electron chi connectivity index (χ1n) is 24.4. The lowest BCUT2D eigenvalue weighted by molar-refractivity contribution is 0.605. The predicted octanol–water partition coefficient (Wildman–Crippen LogP) is 18.9. The number of unbranched alkanes of at least 4 members (excludes halogenated alkanes) is 20. The van der Waals surface area contributed by atoms with Gasteiger partial charge in [0.05, 0.1) is 23.3 Å². The molecule has 0 fully saturated rings. The molecule has 0 unspecified atom stereocenters. The predicted molar refractivity (Wildman–Crippen MR) is 270 cm³/mol. The van der Waals surface area contributed by atoms with Gasteiger partial charge in [-0.2, -0.15) is 10.5 Å². The van der Waals surface area contributed by atoms with E-state index in [4.69, 9.17) is 0 Å². The molecule has 0 aliphatic heterocycles. The maximum atomic E-state index is 10.4. The van der Waals surface area contributed by atoms with Crippen molar-refractivity contribution >= 4 is 56.2 Å². The fourth-order valence-corrected chi connectivity index (χ4v) is 9.51. The van der Waals surface area contributed by atoms with Crippen LogP contribution in [0.15, 0.2) is 45.3 Å². The van der Waals surface area contributed by atoms with E-state index in [1.807, 2.05) is 12.1 Å². The Labute approximate surface area is 385 Å². The lowest BCUT2D eigenvalue weighted by atomic mass is 9.93. The van der Waals surface area contributed by atoms with E-state index in [1.165, 1.54) is 196 Å². The van der Waals surface area contributed by atoms with E-state index in [9.17, 15) is 10.5 Å². The van der Waals surface area contributed by atoms with E-state index in [0.717, 1.165) is 36.8 Å². The van der Waals surface area contributed by atoms with Crippen molar-refractivity contribution in [2.24, 2.45) is 0 Å². The van der Waals surface area contributed by atoms with Crippen molar-refractivity contribution in [3.05, 3.63) is 101 Å². The summed E-state index contributed by atoms with van der Waals surface area (Å²) in [5.74, 6) is 0. The van der Waals surface area contributed by atoms with Gasteiger partial charge in [-0.25, -0.2) is 0 Å². The minimum atomic E-state index is 0.596. The maximum Gasteiger partial charge on any atom is 0.0998 e. The van der Waals surface area contributed by atoms with E-state index >= 15 is 0 Å². The number of nitriles is 2. The van der Waals surface area contributed by atoms with Crippen molar-refractivity contribution in [3.8, 4) is 12.1 Å². The van der Waals surface area contributed by atoms with Crippen molar-refractivity contribution in [2.45, 2.75) is 207 Å². The van der Waals surface area contributed by atoms with Gasteiger partial charge in [0, 0.05) is 8.95 Å². The first-order valence-corrected chi connectivity index (χ1v) is 25.9. The molecule has 0 bridgehead atoms. The van der Waals surface area contributed by atoms with E-state index in [1.54, 1.807) is 0 Å². The van der Waals surface area contributed by atoms with Crippen LogP contribution in [0.25, 0.3) is 24.3 Å². The van der Waals surface area contributed by atoms with E-state index in [-0.39, 0.29) is 0 Å². The number of nitrogens with zero attached hydrogens (tertiary/aromatic N) is 2. The second-order valence-electron chi connectivity index (χ2n) is 17.3.